The zero-order valence-electron chi connectivity index (χ0n) is 16.0. The molecule has 2 fully saturated rings. The predicted molar refractivity (Wildman–Crippen MR) is 106 cm³/mol. The molecular weight excluding hydrogens is 336 g/mol. The maximum absolute atomic E-state index is 12.9. The van der Waals surface area contributed by atoms with Crippen molar-refractivity contribution in [3.05, 3.63) is 36.0 Å². The molecule has 0 unspecified atom stereocenters. The minimum absolute atomic E-state index is 0.0151. The maximum Gasteiger partial charge on any atom is 0.268 e. The molecular formula is C22H28N4O. The lowest BCUT2D eigenvalue weighted by Gasteiger charge is -2.32. The molecule has 0 bridgehead atoms. The van der Waals surface area contributed by atoms with Gasteiger partial charge in [-0.3, -0.25) is 4.79 Å². The Bertz CT molecular complexity index is 874. The smallest absolute Gasteiger partial charge is 0.268 e. The Morgan fingerprint density at radius 1 is 1.30 bits per heavy atom. The number of para-hydroxylation sites is 1. The van der Waals surface area contributed by atoms with Gasteiger partial charge >= 0.3 is 0 Å². The SMILES string of the molecule is Cn1c(C(=O)N[C@H]2CCCC[C@@H]2CNCC2(C#N)CC2)cc2ccccc21. The summed E-state index contributed by atoms with van der Waals surface area (Å²) in [6, 6.07) is 12.7. The van der Waals surface area contributed by atoms with Crippen molar-refractivity contribution in [2.75, 3.05) is 13.1 Å². The number of benzene rings is 1. The Labute approximate surface area is 160 Å². The van der Waals surface area contributed by atoms with Gasteiger partial charge < -0.3 is 15.2 Å². The molecule has 0 spiro atoms. The highest BCUT2D eigenvalue weighted by Gasteiger charge is 2.42. The van der Waals surface area contributed by atoms with Crippen LogP contribution in [0, 0.1) is 22.7 Å². The second kappa shape index (κ2) is 7.36. The largest absolute Gasteiger partial charge is 0.348 e. The van der Waals surface area contributed by atoms with Crippen molar-refractivity contribution >= 4 is 16.8 Å². The molecule has 142 valence electrons. The van der Waals surface area contributed by atoms with Crippen LogP contribution in [0.4, 0.5) is 0 Å². The van der Waals surface area contributed by atoms with Crippen molar-refractivity contribution in [2.24, 2.45) is 18.4 Å². The number of nitriles is 1. The minimum atomic E-state index is -0.115. The second-order valence-electron chi connectivity index (χ2n) is 8.29. The fraction of sp³-hybridized carbons (Fsp3) is 0.545. The van der Waals surface area contributed by atoms with Crippen molar-refractivity contribution in [1.29, 1.82) is 5.26 Å². The third-order valence-electron chi connectivity index (χ3n) is 6.37. The van der Waals surface area contributed by atoms with Gasteiger partial charge in [-0.2, -0.15) is 5.26 Å². The molecule has 0 saturated heterocycles. The third kappa shape index (κ3) is 3.72. The van der Waals surface area contributed by atoms with E-state index in [4.69, 9.17) is 0 Å². The first-order valence-electron chi connectivity index (χ1n) is 10.1. The van der Waals surface area contributed by atoms with Gasteiger partial charge in [-0.25, -0.2) is 0 Å². The molecule has 2 aromatic rings. The first kappa shape index (κ1) is 18.1. The summed E-state index contributed by atoms with van der Waals surface area (Å²) in [5, 5.41) is 17.1. The van der Waals surface area contributed by atoms with E-state index < -0.39 is 0 Å². The number of aryl methyl sites for hydroxylation is 1. The quantitative estimate of drug-likeness (QED) is 0.826. The summed E-state index contributed by atoms with van der Waals surface area (Å²) in [7, 11) is 1.95. The van der Waals surface area contributed by atoms with Crippen LogP contribution in [-0.2, 0) is 7.05 Å². The van der Waals surface area contributed by atoms with Gasteiger partial charge in [-0.05, 0) is 50.3 Å². The molecule has 5 heteroatoms. The Morgan fingerprint density at radius 2 is 2.07 bits per heavy atom. The van der Waals surface area contributed by atoms with Crippen LogP contribution in [-0.4, -0.2) is 29.6 Å². The van der Waals surface area contributed by atoms with Gasteiger partial charge in [0.25, 0.3) is 5.91 Å². The lowest BCUT2D eigenvalue weighted by atomic mass is 9.84. The first-order chi connectivity index (χ1) is 13.1. The lowest BCUT2D eigenvalue weighted by Crippen LogP contribution is -2.46. The van der Waals surface area contributed by atoms with Gasteiger partial charge in [-0.15, -0.1) is 0 Å². The van der Waals surface area contributed by atoms with Gasteiger partial charge in [0.15, 0.2) is 0 Å². The molecule has 1 amide bonds. The zero-order chi connectivity index (χ0) is 18.9. The van der Waals surface area contributed by atoms with E-state index in [0.29, 0.717) is 5.92 Å². The monoisotopic (exact) mass is 364 g/mol. The van der Waals surface area contributed by atoms with Crippen LogP contribution in [0.3, 0.4) is 0 Å². The summed E-state index contributed by atoms with van der Waals surface area (Å²) in [5.41, 5.74) is 1.68. The van der Waals surface area contributed by atoms with E-state index in [1.54, 1.807) is 0 Å². The molecule has 0 radical (unpaired) electrons. The number of hydrogen-bond acceptors (Lipinski definition) is 3. The van der Waals surface area contributed by atoms with Crippen LogP contribution in [0.1, 0.15) is 49.0 Å². The summed E-state index contributed by atoms with van der Waals surface area (Å²) in [6.07, 6.45) is 6.58. The van der Waals surface area contributed by atoms with Crippen molar-refractivity contribution < 1.29 is 4.79 Å². The average molecular weight is 364 g/mol. The fourth-order valence-electron chi connectivity index (χ4n) is 4.37. The molecule has 2 aliphatic rings. The maximum atomic E-state index is 12.9. The van der Waals surface area contributed by atoms with Crippen molar-refractivity contribution in [3.63, 3.8) is 0 Å². The highest BCUT2D eigenvalue weighted by molar-refractivity contribution is 5.98. The molecule has 27 heavy (non-hydrogen) atoms. The van der Waals surface area contributed by atoms with E-state index in [2.05, 4.69) is 16.7 Å². The van der Waals surface area contributed by atoms with Crippen LogP contribution in [0.15, 0.2) is 30.3 Å². The summed E-state index contributed by atoms with van der Waals surface area (Å²) in [6.45, 7) is 1.66. The summed E-state index contributed by atoms with van der Waals surface area (Å²) >= 11 is 0. The van der Waals surface area contributed by atoms with E-state index in [9.17, 15) is 10.1 Å². The molecule has 2 N–H and O–H groups in total. The number of nitrogens with zero attached hydrogens (tertiary/aromatic N) is 2. The van der Waals surface area contributed by atoms with E-state index in [1.165, 1.54) is 12.8 Å². The van der Waals surface area contributed by atoms with Gasteiger partial charge in [0, 0.05) is 30.5 Å². The number of aromatic nitrogens is 1. The molecule has 1 aromatic heterocycles. The molecule has 2 saturated carbocycles. The van der Waals surface area contributed by atoms with E-state index in [0.717, 1.165) is 55.4 Å². The minimum Gasteiger partial charge on any atom is -0.348 e. The molecule has 1 heterocycles. The van der Waals surface area contributed by atoms with E-state index in [-0.39, 0.29) is 17.4 Å². The van der Waals surface area contributed by atoms with Crippen molar-refractivity contribution in [1.82, 2.24) is 15.2 Å². The summed E-state index contributed by atoms with van der Waals surface area (Å²) < 4.78 is 1.98. The van der Waals surface area contributed by atoms with Crippen LogP contribution in [0.2, 0.25) is 0 Å². The van der Waals surface area contributed by atoms with Crippen LogP contribution in [0.5, 0.6) is 0 Å². The number of carbonyl (C=O) groups excluding carboxylic acids is 1. The number of amides is 1. The molecule has 1 aromatic carbocycles. The van der Waals surface area contributed by atoms with E-state index in [1.807, 2.05) is 41.9 Å². The van der Waals surface area contributed by atoms with Gasteiger partial charge in [-0.1, -0.05) is 31.0 Å². The molecule has 5 nitrogen and oxygen atoms in total. The number of fused-ring (bicyclic) bond motifs is 1. The predicted octanol–water partition coefficient (Wildman–Crippen LogP) is 3.36. The number of carbonyl (C=O) groups is 1. The lowest BCUT2D eigenvalue weighted by molar-refractivity contribution is 0.0897. The van der Waals surface area contributed by atoms with Gasteiger partial charge in [0.05, 0.1) is 11.5 Å². The van der Waals surface area contributed by atoms with Crippen LogP contribution < -0.4 is 10.6 Å². The fourth-order valence-corrected chi connectivity index (χ4v) is 4.37. The van der Waals surface area contributed by atoms with E-state index >= 15 is 0 Å². The normalized spacial score (nSPS) is 23.7. The standard InChI is InChI=1S/C22H28N4O/c1-26-19-9-5-3-6-16(19)12-20(26)21(27)25-18-8-4-2-7-17(18)13-24-15-22(14-23)10-11-22/h3,5-6,9,12,17-18,24H,2,4,7-8,10-11,13,15H2,1H3,(H,25,27)/t17-,18+/m1/s1. The Balaban J connectivity index is 1.40. The van der Waals surface area contributed by atoms with Crippen molar-refractivity contribution in [2.45, 2.75) is 44.6 Å². The Hall–Kier alpha value is -2.32. The summed E-state index contributed by atoms with van der Waals surface area (Å²) in [4.78, 5) is 12.9. The number of hydrogen-bond donors (Lipinski definition) is 2. The van der Waals surface area contributed by atoms with Crippen LogP contribution >= 0.6 is 0 Å². The molecule has 2 atom stereocenters. The number of nitrogens with one attached hydrogen (secondary N) is 2. The molecule has 2 aliphatic carbocycles. The Morgan fingerprint density at radius 3 is 2.81 bits per heavy atom. The van der Waals surface area contributed by atoms with Crippen LogP contribution in [0.25, 0.3) is 10.9 Å². The second-order valence-corrected chi connectivity index (χ2v) is 8.29. The summed E-state index contributed by atoms with van der Waals surface area (Å²) in [5.74, 6) is 0.452. The van der Waals surface area contributed by atoms with Gasteiger partial charge in [0.2, 0.25) is 0 Å². The third-order valence-corrected chi connectivity index (χ3v) is 6.37. The average Bonchev–Trinajstić information content (AvgIpc) is 3.39. The highest BCUT2D eigenvalue weighted by atomic mass is 16.2. The molecule has 0 aliphatic heterocycles. The van der Waals surface area contributed by atoms with Gasteiger partial charge in [0.1, 0.15) is 5.69 Å². The first-order valence-corrected chi connectivity index (χ1v) is 10.1. The molecule has 4 rings (SSSR count). The zero-order valence-corrected chi connectivity index (χ0v) is 16.0. The highest BCUT2D eigenvalue weighted by Crippen LogP contribution is 2.44. The topological polar surface area (TPSA) is 69.8 Å². The van der Waals surface area contributed by atoms with Crippen molar-refractivity contribution in [3.8, 4) is 6.07 Å². The number of rotatable bonds is 6. The Kier molecular flexibility index (Phi) is 4.92.